The van der Waals surface area contributed by atoms with Gasteiger partial charge in [-0.3, -0.25) is 34.6 Å². The number of nitrogens with one attached hydrogen (secondary N) is 3. The lowest BCUT2D eigenvalue weighted by Crippen LogP contribution is -2.52. The van der Waals surface area contributed by atoms with Crippen LogP contribution in [0.3, 0.4) is 0 Å². The Hall–Kier alpha value is -3.83. The lowest BCUT2D eigenvalue weighted by molar-refractivity contribution is -0.384. The monoisotopic (exact) mass is 529 g/mol. The predicted molar refractivity (Wildman–Crippen MR) is 137 cm³/mol. The standard InChI is InChI=1S/C15H17N3O3.C10H11ClN2O3/c1-16-7-9-2-3-10-8-18(15(21)11(10)6-9)12-4-5-13(19)17-14(12)20;1-6(2)7-3-10(13(15)16)8(11)4-9(7)12-5-14/h2-3,6,12,16H,4-5,7-8H2,1H3,(H,17,19,20);3-6H,1-2H3,(H,12,14). The highest BCUT2D eigenvalue weighted by Crippen LogP contribution is 2.34. The number of nitrogens with zero attached hydrogens (tertiary/aromatic N) is 2. The van der Waals surface area contributed by atoms with Gasteiger partial charge >= 0.3 is 0 Å². The molecule has 11 nitrogen and oxygen atoms in total. The number of imide groups is 1. The van der Waals surface area contributed by atoms with Crippen LogP contribution in [0, 0.1) is 10.1 Å². The van der Waals surface area contributed by atoms with Crippen molar-refractivity contribution >= 4 is 47.1 Å². The molecular weight excluding hydrogens is 502 g/mol. The minimum atomic E-state index is -0.546. The Balaban J connectivity index is 0.000000214. The van der Waals surface area contributed by atoms with E-state index in [4.69, 9.17) is 11.6 Å². The average Bonchev–Trinajstić information content (AvgIpc) is 3.15. The number of carbonyl (C=O) groups excluding carboxylic acids is 4. The van der Waals surface area contributed by atoms with Crippen LogP contribution < -0.4 is 16.0 Å². The molecule has 0 radical (unpaired) electrons. The Morgan fingerprint density at radius 1 is 1.24 bits per heavy atom. The van der Waals surface area contributed by atoms with Crippen molar-refractivity contribution in [3.05, 3.63) is 67.7 Å². The van der Waals surface area contributed by atoms with Gasteiger partial charge in [-0.15, -0.1) is 0 Å². The van der Waals surface area contributed by atoms with Crippen LogP contribution in [0.4, 0.5) is 11.4 Å². The topological polar surface area (TPSA) is 151 Å². The largest absolute Gasteiger partial charge is 0.328 e. The van der Waals surface area contributed by atoms with Crippen molar-refractivity contribution in [2.75, 3.05) is 12.4 Å². The molecule has 0 saturated carbocycles. The first-order valence-corrected chi connectivity index (χ1v) is 12.0. The molecule has 196 valence electrons. The normalized spacial score (nSPS) is 16.6. The molecule has 4 rings (SSSR count). The molecule has 0 bridgehead atoms. The van der Waals surface area contributed by atoms with Gasteiger partial charge in [-0.25, -0.2) is 0 Å². The highest BCUT2D eigenvalue weighted by atomic mass is 35.5. The third-order valence-electron chi connectivity index (χ3n) is 6.13. The molecular formula is C25H28ClN5O6. The van der Waals surface area contributed by atoms with E-state index in [0.717, 1.165) is 11.1 Å². The number of amides is 4. The maximum absolute atomic E-state index is 12.5. The summed E-state index contributed by atoms with van der Waals surface area (Å²) in [5.74, 6) is -0.713. The van der Waals surface area contributed by atoms with Crippen molar-refractivity contribution in [1.82, 2.24) is 15.5 Å². The molecule has 4 amide bonds. The molecule has 37 heavy (non-hydrogen) atoms. The predicted octanol–water partition coefficient (Wildman–Crippen LogP) is 3.11. The number of benzene rings is 2. The van der Waals surface area contributed by atoms with Crippen molar-refractivity contribution in [3.63, 3.8) is 0 Å². The van der Waals surface area contributed by atoms with Gasteiger partial charge in [-0.2, -0.15) is 0 Å². The van der Waals surface area contributed by atoms with Crippen molar-refractivity contribution < 1.29 is 24.1 Å². The summed E-state index contributed by atoms with van der Waals surface area (Å²) < 4.78 is 0. The van der Waals surface area contributed by atoms with Gasteiger partial charge < -0.3 is 15.5 Å². The van der Waals surface area contributed by atoms with Gasteiger partial charge in [0.1, 0.15) is 11.1 Å². The summed E-state index contributed by atoms with van der Waals surface area (Å²) in [7, 11) is 1.85. The van der Waals surface area contributed by atoms with E-state index in [2.05, 4.69) is 16.0 Å². The van der Waals surface area contributed by atoms with Gasteiger partial charge in [0, 0.05) is 36.8 Å². The molecule has 2 heterocycles. The summed E-state index contributed by atoms with van der Waals surface area (Å²) in [6.45, 7) is 4.88. The summed E-state index contributed by atoms with van der Waals surface area (Å²) in [5.41, 5.74) is 3.66. The Labute approximate surface area is 218 Å². The molecule has 2 aliphatic heterocycles. The SMILES string of the molecule is CC(C)c1cc([N+](=O)[O-])c(Cl)cc1NC=O.CNCc1ccc2c(c1)C(=O)N(C1CCC(=O)NC1=O)C2. The molecule has 1 fully saturated rings. The summed E-state index contributed by atoms with van der Waals surface area (Å²) in [6.07, 6.45) is 1.19. The zero-order chi connectivity index (χ0) is 27.3. The molecule has 0 aliphatic carbocycles. The lowest BCUT2D eigenvalue weighted by Gasteiger charge is -2.29. The molecule has 1 saturated heterocycles. The van der Waals surface area contributed by atoms with Gasteiger partial charge in [-0.05, 0) is 48.2 Å². The fourth-order valence-corrected chi connectivity index (χ4v) is 4.53. The first-order chi connectivity index (χ1) is 17.6. The van der Waals surface area contributed by atoms with Crippen molar-refractivity contribution in [2.24, 2.45) is 0 Å². The summed E-state index contributed by atoms with van der Waals surface area (Å²) in [6, 6.07) is 8.03. The van der Waals surface area contributed by atoms with E-state index in [1.165, 1.54) is 12.1 Å². The van der Waals surface area contributed by atoms with E-state index in [9.17, 15) is 29.3 Å². The molecule has 2 aliphatic rings. The highest BCUT2D eigenvalue weighted by molar-refractivity contribution is 6.33. The first kappa shape index (κ1) is 27.8. The number of rotatable bonds is 7. The lowest BCUT2D eigenvalue weighted by atomic mass is 10.0. The quantitative estimate of drug-likeness (QED) is 0.216. The van der Waals surface area contributed by atoms with Crippen LogP contribution >= 0.6 is 11.6 Å². The molecule has 2 aromatic rings. The number of hydrogen-bond acceptors (Lipinski definition) is 7. The molecule has 1 atom stereocenters. The number of carbonyl (C=O) groups is 4. The van der Waals surface area contributed by atoms with E-state index >= 15 is 0 Å². The third kappa shape index (κ3) is 6.30. The Morgan fingerprint density at radius 2 is 1.97 bits per heavy atom. The molecule has 1 unspecified atom stereocenters. The zero-order valence-electron chi connectivity index (χ0n) is 20.7. The highest BCUT2D eigenvalue weighted by Gasteiger charge is 2.39. The van der Waals surface area contributed by atoms with Gasteiger partial charge in [0.2, 0.25) is 18.2 Å². The smallest absolute Gasteiger partial charge is 0.288 e. The van der Waals surface area contributed by atoms with Crippen molar-refractivity contribution in [2.45, 2.75) is 51.7 Å². The number of anilines is 1. The molecule has 3 N–H and O–H groups in total. The van der Waals surface area contributed by atoms with Crippen molar-refractivity contribution in [3.8, 4) is 0 Å². The molecule has 2 aromatic carbocycles. The van der Waals surface area contributed by atoms with Crippen LogP contribution in [0.1, 0.15) is 59.7 Å². The Bertz CT molecular complexity index is 1250. The second-order valence-electron chi connectivity index (χ2n) is 8.99. The molecule has 12 heteroatoms. The second-order valence-corrected chi connectivity index (χ2v) is 9.39. The second kappa shape index (κ2) is 11.9. The van der Waals surface area contributed by atoms with Gasteiger partial charge in [-0.1, -0.05) is 37.6 Å². The van der Waals surface area contributed by atoms with Crippen LogP contribution in [0.5, 0.6) is 0 Å². The Kier molecular flexibility index (Phi) is 8.95. The average molecular weight is 530 g/mol. The van der Waals surface area contributed by atoms with E-state index < -0.39 is 11.0 Å². The van der Waals surface area contributed by atoms with Crippen molar-refractivity contribution in [1.29, 1.82) is 0 Å². The molecule has 0 spiro atoms. The first-order valence-electron chi connectivity index (χ1n) is 11.7. The van der Waals surface area contributed by atoms with Crippen LogP contribution in [0.25, 0.3) is 0 Å². The van der Waals surface area contributed by atoms with Crippen LogP contribution in [0.2, 0.25) is 5.02 Å². The number of piperidine rings is 1. The number of nitro groups is 1. The minimum absolute atomic E-state index is 0.0127. The van der Waals surface area contributed by atoms with Gasteiger partial charge in [0.25, 0.3) is 11.6 Å². The number of nitro benzene ring substituents is 1. The number of halogens is 1. The van der Waals surface area contributed by atoms with Gasteiger partial charge in [0.15, 0.2) is 0 Å². The van der Waals surface area contributed by atoms with Crippen LogP contribution in [-0.4, -0.2) is 47.0 Å². The van der Waals surface area contributed by atoms with Gasteiger partial charge in [0.05, 0.1) is 4.92 Å². The van der Waals surface area contributed by atoms with E-state index in [-0.39, 0.29) is 40.8 Å². The zero-order valence-corrected chi connectivity index (χ0v) is 21.4. The summed E-state index contributed by atoms with van der Waals surface area (Å²) in [5, 5.41) is 18.5. The number of fused-ring (bicyclic) bond motifs is 1. The fraction of sp³-hybridized carbons (Fsp3) is 0.360. The molecule has 0 aromatic heterocycles. The summed E-state index contributed by atoms with van der Waals surface area (Å²) in [4.78, 5) is 57.8. The van der Waals surface area contributed by atoms with E-state index in [1.54, 1.807) is 4.90 Å². The number of hydrogen-bond donors (Lipinski definition) is 3. The minimum Gasteiger partial charge on any atom is -0.328 e. The van der Waals surface area contributed by atoms with Crippen LogP contribution in [0.15, 0.2) is 30.3 Å². The van der Waals surface area contributed by atoms with Crippen LogP contribution in [-0.2, 0) is 27.5 Å². The fourth-order valence-electron chi connectivity index (χ4n) is 4.30. The third-order valence-corrected chi connectivity index (χ3v) is 6.43. The van der Waals surface area contributed by atoms with E-state index in [1.807, 2.05) is 39.1 Å². The van der Waals surface area contributed by atoms with E-state index in [0.29, 0.717) is 42.7 Å². The summed E-state index contributed by atoms with van der Waals surface area (Å²) >= 11 is 5.74. The maximum atomic E-state index is 12.5. The maximum Gasteiger partial charge on any atom is 0.288 e. The Morgan fingerprint density at radius 3 is 2.57 bits per heavy atom.